The first-order chi connectivity index (χ1) is 42.9. The molecular formula is C70H132O17P2. The Morgan fingerprint density at radius 3 is 0.921 bits per heavy atom. The molecule has 5 atom stereocenters. The number of unbranched alkanes of at least 4 members (excludes halogenated alkanes) is 34. The largest absolute Gasteiger partial charge is 0.472 e. The molecule has 0 aromatic heterocycles. The van der Waals surface area contributed by atoms with Gasteiger partial charge in [0.15, 0.2) is 12.2 Å². The average Bonchev–Trinajstić information content (AvgIpc) is 3.71. The van der Waals surface area contributed by atoms with E-state index < -0.39 is 97.5 Å². The minimum absolute atomic E-state index is 0.100. The SMILES string of the molecule is CCCCCC/C=C\C=C/CCCCCCCC(=O)OC[C@H](COP(=O)(O)OC[C@@H](O)COP(=O)(O)OC[C@@H](COC(=O)CCCCCCCCCC)OC(=O)CCCCCCCCCC(C)C)OC(=O)CCCCCCCCCCCCCCCC(C)C. The molecule has 0 spiro atoms. The molecule has 89 heavy (non-hydrogen) atoms. The summed E-state index contributed by atoms with van der Waals surface area (Å²) in [6.07, 6.45) is 49.5. The highest BCUT2D eigenvalue weighted by atomic mass is 31.2. The van der Waals surface area contributed by atoms with Gasteiger partial charge in [-0.1, -0.05) is 278 Å². The molecule has 0 bridgehead atoms. The molecule has 0 aromatic carbocycles. The van der Waals surface area contributed by atoms with Crippen molar-refractivity contribution in [2.75, 3.05) is 39.6 Å². The van der Waals surface area contributed by atoms with Crippen LogP contribution >= 0.6 is 15.6 Å². The normalized spacial score (nSPS) is 14.3. The number of aliphatic hydroxyl groups excluding tert-OH is 1. The molecule has 0 fully saturated rings. The third-order valence-corrected chi connectivity index (χ3v) is 17.5. The van der Waals surface area contributed by atoms with Gasteiger partial charge in [0.2, 0.25) is 0 Å². The van der Waals surface area contributed by atoms with Crippen LogP contribution in [0.1, 0.15) is 330 Å². The van der Waals surface area contributed by atoms with Crippen LogP contribution in [-0.2, 0) is 65.4 Å². The molecule has 0 heterocycles. The molecule has 0 amide bonds. The minimum atomic E-state index is -4.96. The monoisotopic (exact) mass is 1310 g/mol. The first-order valence-corrected chi connectivity index (χ1v) is 38.8. The number of aliphatic hydroxyl groups is 1. The second kappa shape index (κ2) is 61.7. The van der Waals surface area contributed by atoms with Gasteiger partial charge in [-0.3, -0.25) is 37.3 Å². The second-order valence-electron chi connectivity index (χ2n) is 25.5. The maximum absolute atomic E-state index is 13.0. The lowest BCUT2D eigenvalue weighted by Gasteiger charge is -2.21. The van der Waals surface area contributed by atoms with Crippen LogP contribution in [0.15, 0.2) is 24.3 Å². The fourth-order valence-electron chi connectivity index (χ4n) is 10.1. The maximum atomic E-state index is 13.0. The fourth-order valence-corrected chi connectivity index (χ4v) is 11.6. The minimum Gasteiger partial charge on any atom is -0.462 e. The van der Waals surface area contributed by atoms with E-state index in [2.05, 4.69) is 65.8 Å². The molecule has 0 rings (SSSR count). The summed E-state index contributed by atoms with van der Waals surface area (Å²) in [5.41, 5.74) is 0. The first-order valence-electron chi connectivity index (χ1n) is 35.8. The van der Waals surface area contributed by atoms with Crippen molar-refractivity contribution in [3.63, 3.8) is 0 Å². The van der Waals surface area contributed by atoms with Crippen LogP contribution < -0.4 is 0 Å². The smallest absolute Gasteiger partial charge is 0.462 e. The van der Waals surface area contributed by atoms with E-state index in [4.69, 9.17) is 37.0 Å². The third-order valence-electron chi connectivity index (χ3n) is 15.6. The van der Waals surface area contributed by atoms with Gasteiger partial charge in [0, 0.05) is 25.7 Å². The number of ether oxygens (including phenoxy) is 4. The summed E-state index contributed by atoms with van der Waals surface area (Å²) < 4.78 is 68.1. The number of rotatable bonds is 67. The Hall–Kier alpha value is -2.46. The molecular weight excluding hydrogens is 1170 g/mol. The van der Waals surface area contributed by atoms with Crippen molar-refractivity contribution in [3.05, 3.63) is 24.3 Å². The van der Waals surface area contributed by atoms with Crippen LogP contribution in [0.3, 0.4) is 0 Å². The van der Waals surface area contributed by atoms with E-state index in [9.17, 15) is 43.2 Å². The van der Waals surface area contributed by atoms with Gasteiger partial charge in [-0.2, -0.15) is 0 Å². The number of carbonyl (C=O) groups excluding carboxylic acids is 4. The number of allylic oxidation sites excluding steroid dienone is 4. The fraction of sp³-hybridized carbons (Fsp3) is 0.886. The summed E-state index contributed by atoms with van der Waals surface area (Å²) in [5.74, 6) is -0.681. The number of phosphoric ester groups is 2. The summed E-state index contributed by atoms with van der Waals surface area (Å²) in [6, 6.07) is 0. The molecule has 0 saturated carbocycles. The Kier molecular flexibility index (Phi) is 60.0. The number of carbonyl (C=O) groups is 4. The summed E-state index contributed by atoms with van der Waals surface area (Å²) >= 11 is 0. The van der Waals surface area contributed by atoms with Gasteiger partial charge >= 0.3 is 39.5 Å². The predicted molar refractivity (Wildman–Crippen MR) is 358 cm³/mol. The number of hydrogen-bond acceptors (Lipinski definition) is 15. The zero-order valence-electron chi connectivity index (χ0n) is 57.2. The van der Waals surface area contributed by atoms with Crippen LogP contribution in [-0.4, -0.2) is 96.7 Å². The highest BCUT2D eigenvalue weighted by Crippen LogP contribution is 2.45. The molecule has 524 valence electrons. The second-order valence-corrected chi connectivity index (χ2v) is 28.4. The molecule has 2 unspecified atom stereocenters. The maximum Gasteiger partial charge on any atom is 0.472 e. The lowest BCUT2D eigenvalue weighted by atomic mass is 10.0. The highest BCUT2D eigenvalue weighted by Gasteiger charge is 2.30. The molecule has 3 N–H and O–H groups in total. The number of phosphoric acid groups is 2. The standard InChI is InChI=1S/C70H132O17P2/c1-7-9-11-13-15-17-18-19-20-23-26-29-35-41-47-53-68(73)81-59-65(86-69(74)54-48-42-36-30-27-24-21-22-25-28-32-38-44-50-62(3)4)60-84-88(76,77)82-56-64(71)57-83-89(78,79)85-61-66(58-80-67(72)52-46-40-34-16-14-12-10-8-2)87-70(75)55-49-43-37-31-33-39-45-51-63(5)6/h17-20,62-66,71H,7-16,21-61H2,1-6H3,(H,76,77)(H,78,79)/b18-17-,20-19-/t64-,65-,66-/m1/s1. The molecule has 19 heteroatoms. The zero-order chi connectivity index (χ0) is 65.7. The summed E-state index contributed by atoms with van der Waals surface area (Å²) in [4.78, 5) is 72.4. The van der Waals surface area contributed by atoms with Gasteiger partial charge in [0.05, 0.1) is 26.4 Å². The number of esters is 4. The lowest BCUT2D eigenvalue weighted by Crippen LogP contribution is -2.30. The predicted octanol–water partition coefficient (Wildman–Crippen LogP) is 19.5. The lowest BCUT2D eigenvalue weighted by molar-refractivity contribution is -0.161. The Balaban J connectivity index is 5.26. The van der Waals surface area contributed by atoms with Gasteiger partial charge in [-0.25, -0.2) is 9.13 Å². The Labute approximate surface area is 542 Å². The highest BCUT2D eigenvalue weighted by molar-refractivity contribution is 7.47. The molecule has 0 aliphatic heterocycles. The van der Waals surface area contributed by atoms with E-state index in [-0.39, 0.29) is 25.7 Å². The van der Waals surface area contributed by atoms with E-state index in [1.807, 2.05) is 0 Å². The van der Waals surface area contributed by atoms with Crippen molar-refractivity contribution >= 4 is 39.5 Å². The van der Waals surface area contributed by atoms with Crippen molar-refractivity contribution in [1.82, 2.24) is 0 Å². The van der Waals surface area contributed by atoms with Crippen LogP contribution in [0, 0.1) is 11.8 Å². The van der Waals surface area contributed by atoms with Crippen LogP contribution in [0.4, 0.5) is 0 Å². The molecule has 0 aromatic rings. The first kappa shape index (κ1) is 86.5. The van der Waals surface area contributed by atoms with E-state index in [0.717, 1.165) is 121 Å². The Morgan fingerprint density at radius 1 is 0.348 bits per heavy atom. The van der Waals surface area contributed by atoms with Crippen LogP contribution in [0.25, 0.3) is 0 Å². The molecule has 0 aliphatic carbocycles. The summed E-state index contributed by atoms with van der Waals surface area (Å²) in [6.45, 7) is 9.40. The van der Waals surface area contributed by atoms with Crippen LogP contribution in [0.5, 0.6) is 0 Å². The number of hydrogen-bond donors (Lipinski definition) is 3. The van der Waals surface area contributed by atoms with Crippen molar-refractivity contribution in [3.8, 4) is 0 Å². The van der Waals surface area contributed by atoms with Gasteiger partial charge < -0.3 is 33.8 Å². The summed E-state index contributed by atoms with van der Waals surface area (Å²) in [7, 11) is -9.91. The van der Waals surface area contributed by atoms with E-state index in [0.29, 0.717) is 31.6 Å². The van der Waals surface area contributed by atoms with E-state index >= 15 is 0 Å². The van der Waals surface area contributed by atoms with Crippen molar-refractivity contribution < 1.29 is 80.2 Å². The van der Waals surface area contributed by atoms with Gasteiger partial charge in [-0.15, -0.1) is 0 Å². The topological polar surface area (TPSA) is 237 Å². The molecule has 17 nitrogen and oxygen atoms in total. The molecule has 0 radical (unpaired) electrons. The summed E-state index contributed by atoms with van der Waals surface area (Å²) in [5, 5.41) is 10.6. The van der Waals surface area contributed by atoms with Crippen molar-refractivity contribution in [2.24, 2.45) is 11.8 Å². The van der Waals surface area contributed by atoms with Gasteiger partial charge in [0.1, 0.15) is 19.3 Å². The van der Waals surface area contributed by atoms with Gasteiger partial charge in [0.25, 0.3) is 0 Å². The molecule has 0 saturated heterocycles. The van der Waals surface area contributed by atoms with Crippen LogP contribution in [0.2, 0.25) is 0 Å². The Morgan fingerprint density at radius 2 is 0.607 bits per heavy atom. The van der Waals surface area contributed by atoms with Crippen molar-refractivity contribution in [2.45, 2.75) is 349 Å². The van der Waals surface area contributed by atoms with E-state index in [1.165, 1.54) is 122 Å². The van der Waals surface area contributed by atoms with Gasteiger partial charge in [-0.05, 0) is 63.2 Å². The average molecular weight is 1310 g/mol. The van der Waals surface area contributed by atoms with E-state index in [1.54, 1.807) is 0 Å². The third kappa shape index (κ3) is 64.1. The Bertz CT molecular complexity index is 1830. The van der Waals surface area contributed by atoms with Crippen molar-refractivity contribution in [1.29, 1.82) is 0 Å². The zero-order valence-corrected chi connectivity index (χ0v) is 59.0. The quantitative estimate of drug-likeness (QED) is 0.0169. The molecule has 0 aliphatic rings.